The quantitative estimate of drug-likeness (QED) is 0.665. The fraction of sp³-hybridized carbons (Fsp3) is 0.0714. The van der Waals surface area contributed by atoms with Gasteiger partial charge in [-0.15, -0.1) is 0 Å². The minimum Gasteiger partial charge on any atom is -0.398 e. The number of carbonyl (C=O) groups excluding carboxylic acids is 1. The van der Waals surface area contributed by atoms with E-state index < -0.39 is 5.82 Å². The van der Waals surface area contributed by atoms with Gasteiger partial charge >= 0.3 is 0 Å². The Morgan fingerprint density at radius 2 is 1.84 bits per heavy atom. The van der Waals surface area contributed by atoms with Gasteiger partial charge in [0.1, 0.15) is 5.82 Å². The van der Waals surface area contributed by atoms with E-state index in [0.717, 1.165) is 6.07 Å². The Morgan fingerprint density at radius 1 is 1.16 bits per heavy atom. The van der Waals surface area contributed by atoms with Gasteiger partial charge in [-0.25, -0.2) is 4.39 Å². The molecule has 0 bridgehead atoms. The van der Waals surface area contributed by atoms with E-state index >= 15 is 0 Å². The molecule has 2 nitrogen and oxygen atoms in total. The normalized spacial score (nSPS) is 10.5. The highest BCUT2D eigenvalue weighted by molar-refractivity contribution is 6.35. The number of halogens is 3. The first-order valence-electron chi connectivity index (χ1n) is 5.45. The van der Waals surface area contributed by atoms with Crippen LogP contribution in [0.5, 0.6) is 0 Å². The van der Waals surface area contributed by atoms with E-state index in [4.69, 9.17) is 28.9 Å². The molecule has 2 N–H and O–H groups in total. The molecular weight excluding hydrogens is 288 g/mol. The van der Waals surface area contributed by atoms with Crippen molar-refractivity contribution in [2.45, 2.75) is 6.92 Å². The van der Waals surface area contributed by atoms with Crippen LogP contribution in [0, 0.1) is 12.7 Å². The maximum absolute atomic E-state index is 13.3. The number of benzene rings is 2. The highest BCUT2D eigenvalue weighted by Gasteiger charge is 2.17. The SMILES string of the molecule is Cc1cc(C(=O)c2cc(Cl)ccc2N)c(Cl)cc1F. The summed E-state index contributed by atoms with van der Waals surface area (Å²) < 4.78 is 13.3. The third kappa shape index (κ3) is 2.72. The second-order valence-electron chi connectivity index (χ2n) is 4.14. The van der Waals surface area contributed by atoms with Crippen LogP contribution < -0.4 is 5.73 Å². The maximum atomic E-state index is 13.3. The minimum atomic E-state index is -0.458. The maximum Gasteiger partial charge on any atom is 0.196 e. The van der Waals surface area contributed by atoms with E-state index in [1.54, 1.807) is 19.1 Å². The van der Waals surface area contributed by atoms with E-state index in [2.05, 4.69) is 0 Å². The average Bonchev–Trinajstić information content (AvgIpc) is 2.36. The van der Waals surface area contributed by atoms with Crippen LogP contribution in [0.1, 0.15) is 21.5 Å². The number of nitrogens with two attached hydrogens (primary N) is 1. The van der Waals surface area contributed by atoms with Crippen molar-refractivity contribution < 1.29 is 9.18 Å². The zero-order chi connectivity index (χ0) is 14.2. The van der Waals surface area contributed by atoms with Gasteiger partial charge in [-0.05, 0) is 42.8 Å². The minimum absolute atomic E-state index is 0.0486. The van der Waals surface area contributed by atoms with Crippen LogP contribution in [0.3, 0.4) is 0 Å². The summed E-state index contributed by atoms with van der Waals surface area (Å²) in [6, 6.07) is 7.12. The van der Waals surface area contributed by atoms with Gasteiger partial charge in [-0.1, -0.05) is 23.2 Å². The lowest BCUT2D eigenvalue weighted by Crippen LogP contribution is -2.07. The van der Waals surface area contributed by atoms with Crippen LogP contribution in [0.15, 0.2) is 30.3 Å². The van der Waals surface area contributed by atoms with Gasteiger partial charge in [0, 0.05) is 21.8 Å². The lowest BCUT2D eigenvalue weighted by atomic mass is 10.00. The first-order chi connectivity index (χ1) is 8.90. The largest absolute Gasteiger partial charge is 0.398 e. The summed E-state index contributed by atoms with van der Waals surface area (Å²) >= 11 is 11.7. The standard InChI is InChI=1S/C14H10Cl2FNO/c1-7-4-9(11(16)6-12(7)17)14(19)10-5-8(15)2-3-13(10)18/h2-6H,18H2,1H3. The summed E-state index contributed by atoms with van der Waals surface area (Å²) in [6.45, 7) is 1.56. The third-order valence-electron chi connectivity index (χ3n) is 2.75. The summed E-state index contributed by atoms with van der Waals surface area (Å²) in [4.78, 5) is 12.4. The Bertz CT molecular complexity index is 671. The molecule has 2 rings (SSSR count). The Kier molecular flexibility index (Phi) is 3.78. The zero-order valence-electron chi connectivity index (χ0n) is 10.0. The summed E-state index contributed by atoms with van der Waals surface area (Å²) in [5.74, 6) is -0.839. The number of rotatable bonds is 2. The number of ketones is 1. The molecule has 0 aliphatic carbocycles. The van der Waals surface area contributed by atoms with E-state index in [0.29, 0.717) is 16.3 Å². The monoisotopic (exact) mass is 297 g/mol. The van der Waals surface area contributed by atoms with Crippen molar-refractivity contribution >= 4 is 34.7 Å². The van der Waals surface area contributed by atoms with Crippen molar-refractivity contribution in [3.05, 3.63) is 62.9 Å². The summed E-state index contributed by atoms with van der Waals surface area (Å²) in [7, 11) is 0. The van der Waals surface area contributed by atoms with Crippen LogP contribution in [0.25, 0.3) is 0 Å². The van der Waals surface area contributed by atoms with E-state index in [1.807, 2.05) is 0 Å². The molecule has 0 aliphatic rings. The summed E-state index contributed by atoms with van der Waals surface area (Å²) in [5, 5.41) is 0.444. The number of hydrogen-bond donors (Lipinski definition) is 1. The van der Waals surface area contributed by atoms with Crippen molar-refractivity contribution in [2.75, 3.05) is 5.73 Å². The summed E-state index contributed by atoms with van der Waals surface area (Å²) in [5.41, 5.74) is 6.84. The van der Waals surface area contributed by atoms with Gasteiger partial charge in [0.05, 0.1) is 5.02 Å². The fourth-order valence-corrected chi connectivity index (χ4v) is 2.11. The molecule has 0 aliphatic heterocycles. The van der Waals surface area contributed by atoms with E-state index in [9.17, 15) is 9.18 Å². The second-order valence-corrected chi connectivity index (χ2v) is 4.99. The Balaban J connectivity index is 2.56. The Morgan fingerprint density at radius 3 is 2.53 bits per heavy atom. The third-order valence-corrected chi connectivity index (χ3v) is 3.30. The molecule has 0 radical (unpaired) electrons. The number of aryl methyl sites for hydroxylation is 1. The smallest absolute Gasteiger partial charge is 0.196 e. The number of hydrogen-bond acceptors (Lipinski definition) is 2. The van der Waals surface area contributed by atoms with Crippen LogP contribution in [0.2, 0.25) is 10.0 Å². The molecule has 2 aromatic carbocycles. The number of carbonyl (C=O) groups is 1. The summed E-state index contributed by atoms with van der Waals surface area (Å²) in [6.07, 6.45) is 0. The molecule has 0 spiro atoms. The van der Waals surface area contributed by atoms with Crippen LogP contribution in [-0.2, 0) is 0 Å². The van der Waals surface area contributed by atoms with Gasteiger partial charge in [-0.3, -0.25) is 4.79 Å². The van der Waals surface area contributed by atoms with Crippen molar-refractivity contribution in [3.63, 3.8) is 0 Å². The molecule has 0 amide bonds. The molecule has 0 fully saturated rings. The van der Waals surface area contributed by atoms with Crippen molar-refractivity contribution in [1.82, 2.24) is 0 Å². The first kappa shape index (κ1) is 13.8. The van der Waals surface area contributed by atoms with Crippen molar-refractivity contribution in [2.24, 2.45) is 0 Å². The van der Waals surface area contributed by atoms with E-state index in [-0.39, 0.29) is 21.9 Å². The van der Waals surface area contributed by atoms with Gasteiger partial charge in [0.25, 0.3) is 0 Å². The molecule has 19 heavy (non-hydrogen) atoms. The first-order valence-corrected chi connectivity index (χ1v) is 6.21. The predicted octanol–water partition coefficient (Wildman–Crippen LogP) is 4.25. The van der Waals surface area contributed by atoms with Gasteiger partial charge in [-0.2, -0.15) is 0 Å². The Labute approximate surface area is 119 Å². The fourth-order valence-electron chi connectivity index (χ4n) is 1.70. The number of nitrogen functional groups attached to an aromatic ring is 1. The Hall–Kier alpha value is -1.58. The lowest BCUT2D eigenvalue weighted by molar-refractivity contribution is 0.103. The average molecular weight is 298 g/mol. The molecule has 0 unspecified atom stereocenters. The molecule has 98 valence electrons. The number of anilines is 1. The predicted molar refractivity (Wildman–Crippen MR) is 75.4 cm³/mol. The van der Waals surface area contributed by atoms with Gasteiger partial charge in [0.15, 0.2) is 5.78 Å². The molecule has 0 atom stereocenters. The van der Waals surface area contributed by atoms with Crippen LogP contribution >= 0.6 is 23.2 Å². The molecule has 0 saturated carbocycles. The molecule has 0 heterocycles. The zero-order valence-corrected chi connectivity index (χ0v) is 11.5. The van der Waals surface area contributed by atoms with Crippen molar-refractivity contribution in [3.8, 4) is 0 Å². The lowest BCUT2D eigenvalue weighted by Gasteiger charge is -2.08. The van der Waals surface area contributed by atoms with Gasteiger partial charge < -0.3 is 5.73 Å². The van der Waals surface area contributed by atoms with Gasteiger partial charge in [0.2, 0.25) is 0 Å². The molecule has 5 heteroatoms. The molecular formula is C14H10Cl2FNO. The highest BCUT2D eigenvalue weighted by atomic mass is 35.5. The van der Waals surface area contributed by atoms with E-state index in [1.165, 1.54) is 12.1 Å². The topological polar surface area (TPSA) is 43.1 Å². The van der Waals surface area contributed by atoms with Crippen LogP contribution in [-0.4, -0.2) is 5.78 Å². The molecule has 2 aromatic rings. The van der Waals surface area contributed by atoms with Crippen LogP contribution in [0.4, 0.5) is 10.1 Å². The van der Waals surface area contributed by atoms with Crippen molar-refractivity contribution in [1.29, 1.82) is 0 Å². The molecule has 0 saturated heterocycles. The molecule has 0 aromatic heterocycles. The second kappa shape index (κ2) is 5.19. The highest BCUT2D eigenvalue weighted by Crippen LogP contribution is 2.26.